The highest BCUT2D eigenvalue weighted by Crippen LogP contribution is 1.98. The van der Waals surface area contributed by atoms with Crippen LogP contribution in [0.5, 0.6) is 0 Å². The average Bonchev–Trinajstić information content (AvgIpc) is 2.11. The molecule has 0 rings (SSSR count). The quantitative estimate of drug-likeness (QED) is 0.634. The summed E-state index contributed by atoms with van der Waals surface area (Å²) in [5.41, 5.74) is 5.16. The summed E-state index contributed by atoms with van der Waals surface area (Å²) >= 11 is 0. The lowest BCUT2D eigenvalue weighted by atomic mass is 10.2. The van der Waals surface area contributed by atoms with E-state index in [-0.39, 0.29) is 17.2 Å². The number of nitrogens with two attached hydrogens (primary N) is 1. The Kier molecular flexibility index (Phi) is 6.74. The number of carbonyl (C=O) groups is 1. The van der Waals surface area contributed by atoms with Gasteiger partial charge in [-0.1, -0.05) is 13.8 Å². The van der Waals surface area contributed by atoms with Gasteiger partial charge in [0.1, 0.15) is 0 Å². The fraction of sp³-hybridized carbons (Fsp3) is 0.889. The van der Waals surface area contributed by atoms with Gasteiger partial charge in [-0.05, 0) is 19.4 Å². The molecule has 1 amide bonds. The monoisotopic (exact) mass is 220 g/mol. The molecule has 0 saturated carbocycles. The van der Waals surface area contributed by atoms with Crippen LogP contribution in [0.2, 0.25) is 0 Å². The van der Waals surface area contributed by atoms with Crippen molar-refractivity contribution in [1.29, 1.82) is 0 Å². The van der Waals surface area contributed by atoms with Crippen molar-refractivity contribution in [3.8, 4) is 0 Å². The number of carbonyl (C=O) groups excluding carboxylic acids is 1. The Labute approximate surface area is 88.1 Å². The Morgan fingerprint density at radius 3 is 2.50 bits per heavy atom. The lowest BCUT2D eigenvalue weighted by Gasteiger charge is -2.14. The van der Waals surface area contributed by atoms with Gasteiger partial charge >= 0.3 is 0 Å². The van der Waals surface area contributed by atoms with Crippen molar-refractivity contribution in [2.75, 3.05) is 12.8 Å². The summed E-state index contributed by atoms with van der Waals surface area (Å²) in [5.74, 6) is -0.322. The van der Waals surface area contributed by atoms with E-state index in [0.717, 1.165) is 6.42 Å². The summed E-state index contributed by atoms with van der Waals surface area (Å²) in [6, 6.07) is -0.257. The third-order valence-corrected chi connectivity index (χ3v) is 3.63. The molecule has 5 heteroatoms. The maximum atomic E-state index is 11.0. The van der Waals surface area contributed by atoms with Crippen LogP contribution in [0.25, 0.3) is 0 Å². The molecule has 0 aliphatic heterocycles. The molecule has 0 spiro atoms. The summed E-state index contributed by atoms with van der Waals surface area (Å²) in [6.07, 6.45) is 3.18. The van der Waals surface area contributed by atoms with Crippen molar-refractivity contribution in [3.63, 3.8) is 0 Å². The van der Waals surface area contributed by atoms with E-state index in [4.69, 9.17) is 5.73 Å². The molecule has 0 radical (unpaired) electrons. The van der Waals surface area contributed by atoms with Crippen molar-refractivity contribution in [2.24, 2.45) is 5.73 Å². The number of amides is 1. The second kappa shape index (κ2) is 6.95. The lowest BCUT2D eigenvalue weighted by molar-refractivity contribution is -0.120. The Balaban J connectivity index is 3.71. The van der Waals surface area contributed by atoms with Gasteiger partial charge in [0.05, 0.1) is 6.04 Å². The van der Waals surface area contributed by atoms with Crippen molar-refractivity contribution >= 4 is 16.7 Å². The van der Waals surface area contributed by atoms with Gasteiger partial charge in [0.2, 0.25) is 5.91 Å². The Bertz CT molecular complexity index is 209. The Morgan fingerprint density at radius 1 is 1.57 bits per heavy atom. The number of nitrogens with one attached hydrogen (secondary N) is 1. The normalized spacial score (nSPS) is 17.4. The predicted octanol–water partition coefficient (Wildman–Crippen LogP) is -0.00300. The van der Waals surface area contributed by atoms with Gasteiger partial charge in [0, 0.05) is 22.3 Å². The second-order valence-corrected chi connectivity index (χ2v) is 5.22. The lowest BCUT2D eigenvalue weighted by Crippen LogP contribution is -2.41. The summed E-state index contributed by atoms with van der Waals surface area (Å²) < 4.78 is 11.0. The maximum Gasteiger partial charge on any atom is 0.234 e. The molecule has 0 heterocycles. The summed E-state index contributed by atoms with van der Waals surface area (Å²) in [5, 5.41) is 3.21. The zero-order valence-electron chi connectivity index (χ0n) is 9.08. The van der Waals surface area contributed by atoms with Crippen molar-refractivity contribution in [2.45, 2.75) is 38.0 Å². The summed E-state index contributed by atoms with van der Waals surface area (Å²) in [4.78, 5) is 10.8. The van der Waals surface area contributed by atoms with Gasteiger partial charge in [0.15, 0.2) is 0 Å². The van der Waals surface area contributed by atoms with E-state index < -0.39 is 10.8 Å². The van der Waals surface area contributed by atoms with Crippen LogP contribution in [0.1, 0.15) is 26.7 Å². The van der Waals surface area contributed by atoms with Gasteiger partial charge in [-0.15, -0.1) is 0 Å². The largest absolute Gasteiger partial charge is 0.368 e. The minimum absolute atomic E-state index is 0.160. The van der Waals surface area contributed by atoms with Crippen LogP contribution in [0.15, 0.2) is 0 Å². The third-order valence-electron chi connectivity index (χ3n) is 2.26. The van der Waals surface area contributed by atoms with E-state index in [0.29, 0.717) is 13.0 Å². The molecule has 0 aliphatic carbocycles. The van der Waals surface area contributed by atoms with E-state index >= 15 is 0 Å². The molecule has 0 aromatic rings. The number of hydrogen-bond acceptors (Lipinski definition) is 3. The molecule has 4 nitrogen and oxygen atoms in total. The minimum Gasteiger partial charge on any atom is -0.368 e. The highest BCUT2D eigenvalue weighted by molar-refractivity contribution is 7.84. The van der Waals surface area contributed by atoms with E-state index in [1.165, 1.54) is 0 Å². The number of rotatable bonds is 7. The van der Waals surface area contributed by atoms with E-state index in [9.17, 15) is 9.00 Å². The molecule has 84 valence electrons. The molecule has 3 N–H and O–H groups in total. The van der Waals surface area contributed by atoms with E-state index in [2.05, 4.69) is 5.32 Å². The number of hydrogen-bond donors (Lipinski definition) is 2. The highest BCUT2D eigenvalue weighted by Gasteiger charge is 2.12. The molecule has 3 atom stereocenters. The molecule has 0 aromatic carbocycles. The highest BCUT2D eigenvalue weighted by atomic mass is 32.2. The average molecular weight is 220 g/mol. The minimum atomic E-state index is -0.794. The van der Waals surface area contributed by atoms with Gasteiger partial charge < -0.3 is 11.1 Å². The fourth-order valence-corrected chi connectivity index (χ4v) is 1.52. The van der Waals surface area contributed by atoms with Gasteiger partial charge in [-0.2, -0.15) is 0 Å². The SMILES string of the molecule is CCC(NCCC(C)S(C)=O)C(N)=O. The molecule has 14 heavy (non-hydrogen) atoms. The molecular formula is C9H20N2O2S. The molecule has 3 unspecified atom stereocenters. The van der Waals surface area contributed by atoms with E-state index in [1.54, 1.807) is 6.26 Å². The summed E-state index contributed by atoms with van der Waals surface area (Å²) in [6.45, 7) is 4.52. The van der Waals surface area contributed by atoms with Gasteiger partial charge in [-0.25, -0.2) is 0 Å². The Hall–Kier alpha value is -0.420. The van der Waals surface area contributed by atoms with Crippen molar-refractivity contribution in [3.05, 3.63) is 0 Å². The smallest absolute Gasteiger partial charge is 0.234 e. The van der Waals surface area contributed by atoms with Crippen molar-refractivity contribution < 1.29 is 9.00 Å². The molecule has 0 saturated heterocycles. The molecule has 0 bridgehead atoms. The van der Waals surface area contributed by atoms with Gasteiger partial charge in [-0.3, -0.25) is 9.00 Å². The standard InChI is InChI=1S/C9H20N2O2S/c1-4-8(9(10)12)11-6-5-7(2)14(3)13/h7-8,11H,4-6H2,1-3H3,(H2,10,12). The molecule has 0 fully saturated rings. The molecular weight excluding hydrogens is 200 g/mol. The first kappa shape index (κ1) is 13.6. The fourth-order valence-electron chi connectivity index (χ4n) is 1.07. The van der Waals surface area contributed by atoms with Gasteiger partial charge in [0.25, 0.3) is 0 Å². The first-order chi connectivity index (χ1) is 6.49. The zero-order chi connectivity index (χ0) is 11.1. The van der Waals surface area contributed by atoms with Crippen LogP contribution in [0, 0.1) is 0 Å². The maximum absolute atomic E-state index is 11.0. The van der Waals surface area contributed by atoms with Crippen molar-refractivity contribution in [1.82, 2.24) is 5.32 Å². The molecule has 0 aliphatic rings. The van der Waals surface area contributed by atoms with Crippen LogP contribution >= 0.6 is 0 Å². The zero-order valence-corrected chi connectivity index (χ0v) is 9.89. The number of primary amides is 1. The van der Waals surface area contributed by atoms with E-state index in [1.807, 2.05) is 13.8 Å². The molecule has 0 aromatic heterocycles. The topological polar surface area (TPSA) is 72.2 Å². The third kappa shape index (κ3) is 5.34. The first-order valence-corrected chi connectivity index (χ1v) is 6.46. The Morgan fingerprint density at radius 2 is 2.14 bits per heavy atom. The summed E-state index contributed by atoms with van der Waals surface area (Å²) in [7, 11) is -0.794. The predicted molar refractivity (Wildman–Crippen MR) is 59.4 cm³/mol. The van der Waals surface area contributed by atoms with Crippen LogP contribution in [-0.2, 0) is 15.6 Å². The van der Waals surface area contributed by atoms with Crippen LogP contribution < -0.4 is 11.1 Å². The van der Waals surface area contributed by atoms with Crippen LogP contribution in [-0.4, -0.2) is 34.2 Å². The second-order valence-electron chi connectivity index (χ2n) is 3.42. The van der Waals surface area contributed by atoms with Crippen LogP contribution in [0.4, 0.5) is 0 Å². The first-order valence-electron chi connectivity index (χ1n) is 4.84. The van der Waals surface area contributed by atoms with Crippen LogP contribution in [0.3, 0.4) is 0 Å².